The summed E-state index contributed by atoms with van der Waals surface area (Å²) in [6, 6.07) is 6.05. The van der Waals surface area contributed by atoms with Crippen LogP contribution in [0.15, 0.2) is 18.2 Å². The van der Waals surface area contributed by atoms with Crippen LogP contribution in [-0.2, 0) is 16.0 Å². The summed E-state index contributed by atoms with van der Waals surface area (Å²) in [4.78, 5) is 25.1. The zero-order chi connectivity index (χ0) is 26.8. The second-order valence-electron chi connectivity index (χ2n) is 10.9. The first kappa shape index (κ1) is 30.5. The van der Waals surface area contributed by atoms with Crippen molar-refractivity contribution in [2.75, 3.05) is 13.7 Å². The molecule has 0 atom stereocenters. The molecule has 2 rings (SSSR count). The molecule has 36 heavy (non-hydrogen) atoms. The summed E-state index contributed by atoms with van der Waals surface area (Å²) in [6.45, 7) is 13.1. The zero-order valence-corrected chi connectivity index (χ0v) is 26.5. The number of rotatable bonds is 15. The monoisotopic (exact) mass is 608 g/mol. The fourth-order valence-electron chi connectivity index (χ4n) is 5.30. The number of amides is 1. The molecule has 1 amide bonds. The number of unbranched alkanes of at least 4 members (excludes halogenated alkanes) is 3. The predicted octanol–water partition coefficient (Wildman–Crippen LogP) is 6.78. The van der Waals surface area contributed by atoms with E-state index >= 15 is 0 Å². The van der Waals surface area contributed by atoms with Gasteiger partial charge in [0, 0.05) is 0 Å². The Hall–Kier alpha value is -1.70. The summed E-state index contributed by atoms with van der Waals surface area (Å²) in [5, 5.41) is 3.94. The molecule has 0 aliphatic heterocycles. The Kier molecular flexibility index (Phi) is 12.1. The van der Waals surface area contributed by atoms with Gasteiger partial charge in [-0.2, -0.15) is 0 Å². The van der Waals surface area contributed by atoms with Gasteiger partial charge in [-0.05, 0) is 0 Å². The van der Waals surface area contributed by atoms with Crippen molar-refractivity contribution in [2.45, 2.75) is 105 Å². The third-order valence-corrected chi connectivity index (χ3v) is 22.6. The van der Waals surface area contributed by atoms with Crippen LogP contribution in [0.2, 0.25) is 13.3 Å². The Labute approximate surface area is 222 Å². The van der Waals surface area contributed by atoms with Crippen LogP contribution >= 0.6 is 0 Å². The summed E-state index contributed by atoms with van der Waals surface area (Å²) >= 11 is -3.14. The maximum absolute atomic E-state index is 14.0. The Morgan fingerprint density at radius 1 is 1.03 bits per heavy atom. The molecule has 1 heterocycles. The van der Waals surface area contributed by atoms with Crippen molar-refractivity contribution in [2.24, 2.45) is 0 Å². The molecule has 0 aliphatic carbocycles. The van der Waals surface area contributed by atoms with Gasteiger partial charge >= 0.3 is 223 Å². The van der Waals surface area contributed by atoms with E-state index in [9.17, 15) is 9.59 Å². The number of hydrogen-bond acceptors (Lipinski definition) is 4. The van der Waals surface area contributed by atoms with E-state index in [-0.39, 0.29) is 6.09 Å². The van der Waals surface area contributed by atoms with Gasteiger partial charge in [0.2, 0.25) is 0 Å². The number of nitrogens with one attached hydrogen (secondary N) is 1. The number of benzene rings is 1. The normalized spacial score (nSPS) is 12.1. The molecule has 0 aliphatic rings. The number of aromatic nitrogens is 1. The number of ether oxygens (including phenoxy) is 2. The van der Waals surface area contributed by atoms with Crippen LogP contribution in [0.4, 0.5) is 4.79 Å². The SMILES string of the molecule is CCC[CH2][Sn]([CH2]CCC)([CH2]CCC)[c]1c(CCNC=O)c2ccc(OC)cc2n1C(=O)OC(C)(C)C. The van der Waals surface area contributed by atoms with Crippen molar-refractivity contribution < 1.29 is 19.1 Å². The molecule has 0 radical (unpaired) electrons. The number of fused-ring (bicyclic) bond motifs is 1. The van der Waals surface area contributed by atoms with Crippen molar-refractivity contribution in [3.05, 3.63) is 23.8 Å². The first-order chi connectivity index (χ1) is 17.2. The van der Waals surface area contributed by atoms with Crippen LogP contribution < -0.4 is 13.8 Å². The Balaban J connectivity index is 2.97. The third kappa shape index (κ3) is 7.65. The van der Waals surface area contributed by atoms with Gasteiger partial charge in [0.25, 0.3) is 0 Å². The van der Waals surface area contributed by atoms with Crippen LogP contribution in [0, 0.1) is 0 Å². The summed E-state index contributed by atoms with van der Waals surface area (Å²) in [6.07, 6.45) is 8.19. The summed E-state index contributed by atoms with van der Waals surface area (Å²) in [7, 11) is 1.66. The van der Waals surface area contributed by atoms with Gasteiger partial charge in [0.1, 0.15) is 0 Å². The van der Waals surface area contributed by atoms with E-state index in [1.165, 1.54) is 41.8 Å². The standard InChI is InChI=1S/C17H21N2O4.3C4H9.Sn/c1-17(2,3)23-16(21)19-10-12(7-8-18-11-20)14-6-5-13(22-4)9-15(14)19;3*1-3-4-2;/h5-6,9,11H,7-8H2,1-4H3,(H,18,20);3*1,3-4H2,2H3;. The predicted molar refractivity (Wildman–Crippen MR) is 152 cm³/mol. The number of methoxy groups -OCH3 is 1. The van der Waals surface area contributed by atoms with Crippen molar-refractivity contribution >= 4 is 45.5 Å². The number of hydrogen-bond donors (Lipinski definition) is 1. The van der Waals surface area contributed by atoms with Crippen LogP contribution in [0.25, 0.3) is 10.9 Å². The first-order valence-electron chi connectivity index (χ1n) is 13.8. The van der Waals surface area contributed by atoms with E-state index in [4.69, 9.17) is 9.47 Å². The van der Waals surface area contributed by atoms with Gasteiger partial charge < -0.3 is 0 Å². The minimum absolute atomic E-state index is 0.295. The van der Waals surface area contributed by atoms with Gasteiger partial charge in [-0.3, -0.25) is 0 Å². The fraction of sp³-hybridized carbons (Fsp3) is 0.655. The van der Waals surface area contributed by atoms with Crippen LogP contribution in [0.5, 0.6) is 5.75 Å². The molecule has 1 N–H and O–H groups in total. The van der Waals surface area contributed by atoms with Gasteiger partial charge in [-0.25, -0.2) is 0 Å². The molecule has 0 fully saturated rings. The van der Waals surface area contributed by atoms with Crippen molar-refractivity contribution in [3.8, 4) is 5.75 Å². The Bertz CT molecular complexity index is 972. The molecule has 202 valence electrons. The molecule has 1 aromatic heterocycles. The van der Waals surface area contributed by atoms with E-state index in [1.807, 2.05) is 37.5 Å². The average molecular weight is 607 g/mol. The van der Waals surface area contributed by atoms with Crippen molar-refractivity contribution in [1.82, 2.24) is 9.88 Å². The average Bonchev–Trinajstić information content (AvgIpc) is 3.17. The van der Waals surface area contributed by atoms with Crippen LogP contribution in [-0.4, -0.2) is 54.7 Å². The second kappa shape index (κ2) is 14.3. The van der Waals surface area contributed by atoms with Crippen molar-refractivity contribution in [1.29, 1.82) is 0 Å². The third-order valence-electron chi connectivity index (χ3n) is 6.99. The molecule has 0 saturated carbocycles. The summed E-state index contributed by atoms with van der Waals surface area (Å²) in [5.74, 6) is 0.727. The number of carbonyl (C=O) groups is 2. The number of carbonyl (C=O) groups excluding carboxylic acids is 2. The molecular weight excluding hydrogens is 559 g/mol. The van der Waals surface area contributed by atoms with Crippen molar-refractivity contribution in [3.63, 3.8) is 0 Å². The molecule has 6 nitrogen and oxygen atoms in total. The van der Waals surface area contributed by atoms with Crippen LogP contribution in [0.1, 0.15) is 85.6 Å². The topological polar surface area (TPSA) is 69.6 Å². The van der Waals surface area contributed by atoms with E-state index in [0.29, 0.717) is 13.0 Å². The van der Waals surface area contributed by atoms with E-state index in [0.717, 1.165) is 42.3 Å². The second-order valence-corrected chi connectivity index (χ2v) is 23.9. The van der Waals surface area contributed by atoms with Gasteiger partial charge in [-0.15, -0.1) is 0 Å². The quantitative estimate of drug-likeness (QED) is 0.138. The molecule has 2 aromatic rings. The molecule has 1 aromatic carbocycles. The molecule has 0 saturated heterocycles. The zero-order valence-electron chi connectivity index (χ0n) is 23.7. The molecule has 0 unspecified atom stereocenters. The summed E-state index contributed by atoms with van der Waals surface area (Å²) in [5.41, 5.74) is 1.49. The minimum atomic E-state index is -3.14. The Morgan fingerprint density at radius 2 is 1.61 bits per heavy atom. The van der Waals surface area contributed by atoms with Gasteiger partial charge in [0.15, 0.2) is 0 Å². The summed E-state index contributed by atoms with van der Waals surface area (Å²) < 4.78 is 18.5. The van der Waals surface area contributed by atoms with Gasteiger partial charge in [0.05, 0.1) is 0 Å². The molecular formula is C29H48N2O4Sn. The number of nitrogens with zero attached hydrogens (tertiary/aromatic N) is 1. The molecule has 0 bridgehead atoms. The van der Waals surface area contributed by atoms with Gasteiger partial charge in [-0.1, -0.05) is 0 Å². The maximum atomic E-state index is 14.0. The first-order valence-corrected chi connectivity index (χ1v) is 21.3. The Morgan fingerprint density at radius 3 is 2.08 bits per heavy atom. The molecule has 0 spiro atoms. The van der Waals surface area contributed by atoms with E-state index < -0.39 is 24.0 Å². The van der Waals surface area contributed by atoms with E-state index in [2.05, 4.69) is 32.2 Å². The van der Waals surface area contributed by atoms with E-state index in [1.54, 1.807) is 7.11 Å². The van der Waals surface area contributed by atoms with Crippen LogP contribution in [0.3, 0.4) is 0 Å². The molecule has 7 heteroatoms. The fourth-order valence-corrected chi connectivity index (χ4v) is 22.8.